The standard InChI is InChI=1S/C21H18N4O4S/c1-9-7-10(8-29-2)13-15-17(30-20(13)22-9)19(26)25-18(24-15)14-11-5-3-4-6-12(11)23-16(14)21(27)28/h3-7,18,23-24H,8H2,1-2H3,(H,25,26)(H,27,28)/t18-/m1/s1. The average Bonchev–Trinajstić information content (AvgIpc) is 3.27. The fourth-order valence-corrected chi connectivity index (χ4v) is 5.17. The number of nitrogens with zero attached hydrogens (tertiary/aromatic N) is 1. The lowest BCUT2D eigenvalue weighted by Gasteiger charge is -2.27. The number of rotatable bonds is 4. The predicted octanol–water partition coefficient (Wildman–Crippen LogP) is 3.78. The third-order valence-electron chi connectivity index (χ3n) is 5.19. The first-order valence-electron chi connectivity index (χ1n) is 9.31. The molecule has 1 atom stereocenters. The molecular weight excluding hydrogens is 404 g/mol. The zero-order valence-electron chi connectivity index (χ0n) is 16.2. The Morgan fingerprint density at radius 1 is 1.30 bits per heavy atom. The second kappa shape index (κ2) is 6.82. The van der Waals surface area contributed by atoms with Crippen LogP contribution in [0.3, 0.4) is 0 Å². The van der Waals surface area contributed by atoms with Crippen LogP contribution in [0.1, 0.15) is 43.1 Å². The second-order valence-electron chi connectivity index (χ2n) is 7.16. The first kappa shape index (κ1) is 18.6. The average molecular weight is 422 g/mol. The van der Waals surface area contributed by atoms with E-state index < -0.39 is 12.1 Å². The number of aromatic carboxylic acids is 1. The summed E-state index contributed by atoms with van der Waals surface area (Å²) in [6.07, 6.45) is -0.707. The van der Waals surface area contributed by atoms with Gasteiger partial charge in [-0.15, -0.1) is 11.3 Å². The SMILES string of the molecule is COCc1cc(C)nc2sc3c(c12)N[C@@H](c1c(C(=O)O)[nH]c2ccccc12)NC3=O. The van der Waals surface area contributed by atoms with E-state index in [0.29, 0.717) is 28.3 Å². The molecular formula is C21H18N4O4S. The molecule has 9 heteroatoms. The number of benzene rings is 1. The summed E-state index contributed by atoms with van der Waals surface area (Å²) in [5.41, 5.74) is 3.66. The molecule has 1 amide bonds. The van der Waals surface area contributed by atoms with Crippen LogP contribution < -0.4 is 10.6 Å². The maximum atomic E-state index is 13.0. The van der Waals surface area contributed by atoms with Crippen molar-refractivity contribution in [3.05, 3.63) is 57.7 Å². The van der Waals surface area contributed by atoms with Gasteiger partial charge in [0.05, 0.1) is 12.3 Å². The van der Waals surface area contributed by atoms with Gasteiger partial charge in [0.25, 0.3) is 5.91 Å². The van der Waals surface area contributed by atoms with E-state index in [9.17, 15) is 14.7 Å². The first-order chi connectivity index (χ1) is 14.5. The quantitative estimate of drug-likeness (QED) is 0.398. The van der Waals surface area contributed by atoms with Gasteiger partial charge in [0, 0.05) is 34.7 Å². The monoisotopic (exact) mass is 422 g/mol. The number of fused-ring (bicyclic) bond motifs is 4. The maximum absolute atomic E-state index is 13.0. The second-order valence-corrected chi connectivity index (χ2v) is 8.16. The van der Waals surface area contributed by atoms with Crippen LogP contribution in [0.4, 0.5) is 5.69 Å². The van der Waals surface area contributed by atoms with E-state index in [0.717, 1.165) is 26.9 Å². The number of nitrogens with one attached hydrogen (secondary N) is 3. The first-order valence-corrected chi connectivity index (χ1v) is 10.1. The number of hydrogen-bond acceptors (Lipinski definition) is 6. The maximum Gasteiger partial charge on any atom is 0.352 e. The van der Waals surface area contributed by atoms with E-state index in [1.165, 1.54) is 11.3 Å². The number of aryl methyl sites for hydroxylation is 1. The van der Waals surface area contributed by atoms with Crippen LogP contribution in [0.25, 0.3) is 21.1 Å². The third-order valence-corrected chi connectivity index (χ3v) is 6.27. The zero-order valence-corrected chi connectivity index (χ0v) is 17.0. The van der Waals surface area contributed by atoms with Gasteiger partial charge in [-0.05, 0) is 24.6 Å². The Bertz CT molecular complexity index is 1340. The number of aromatic nitrogens is 2. The van der Waals surface area contributed by atoms with Crippen LogP contribution >= 0.6 is 11.3 Å². The van der Waals surface area contributed by atoms with Gasteiger partial charge in [0.15, 0.2) is 0 Å². The van der Waals surface area contributed by atoms with Gasteiger partial charge in [-0.25, -0.2) is 9.78 Å². The van der Waals surface area contributed by atoms with Crippen LogP contribution in [0.15, 0.2) is 30.3 Å². The molecule has 0 fully saturated rings. The smallest absolute Gasteiger partial charge is 0.352 e. The summed E-state index contributed by atoms with van der Waals surface area (Å²) in [6.45, 7) is 2.28. The molecule has 0 saturated carbocycles. The predicted molar refractivity (Wildman–Crippen MR) is 114 cm³/mol. The molecule has 4 N–H and O–H groups in total. The van der Waals surface area contributed by atoms with Crippen molar-refractivity contribution in [2.75, 3.05) is 12.4 Å². The van der Waals surface area contributed by atoms with Crippen molar-refractivity contribution in [3.8, 4) is 0 Å². The Balaban J connectivity index is 1.71. The minimum atomic E-state index is -1.09. The van der Waals surface area contributed by atoms with Gasteiger partial charge in [-0.1, -0.05) is 18.2 Å². The lowest BCUT2D eigenvalue weighted by atomic mass is 10.0. The Kier molecular flexibility index (Phi) is 4.23. The Morgan fingerprint density at radius 3 is 2.87 bits per heavy atom. The molecule has 8 nitrogen and oxygen atoms in total. The topological polar surface area (TPSA) is 116 Å². The van der Waals surface area contributed by atoms with Crippen LogP contribution in [-0.4, -0.2) is 34.1 Å². The molecule has 0 spiro atoms. The van der Waals surface area contributed by atoms with Crippen molar-refractivity contribution in [1.29, 1.82) is 0 Å². The van der Waals surface area contributed by atoms with Crippen molar-refractivity contribution in [1.82, 2.24) is 15.3 Å². The third kappa shape index (κ3) is 2.74. The number of ether oxygens (including phenoxy) is 1. The van der Waals surface area contributed by atoms with Crippen molar-refractivity contribution in [2.45, 2.75) is 19.7 Å². The normalized spacial score (nSPS) is 15.8. The number of pyridine rings is 1. The number of aromatic amines is 1. The van der Waals surface area contributed by atoms with E-state index in [-0.39, 0.29) is 11.6 Å². The molecule has 3 aromatic heterocycles. The molecule has 30 heavy (non-hydrogen) atoms. The van der Waals surface area contributed by atoms with Crippen LogP contribution in [0.5, 0.6) is 0 Å². The van der Waals surface area contributed by atoms with Gasteiger partial charge in [-0.2, -0.15) is 0 Å². The van der Waals surface area contributed by atoms with Gasteiger partial charge < -0.3 is 25.5 Å². The number of carbonyl (C=O) groups excluding carboxylic acids is 1. The van der Waals surface area contributed by atoms with Crippen molar-refractivity contribution < 1.29 is 19.4 Å². The molecule has 0 aliphatic carbocycles. The Labute approximate surface area is 174 Å². The number of thiophene rings is 1. The highest BCUT2D eigenvalue weighted by molar-refractivity contribution is 7.21. The van der Waals surface area contributed by atoms with E-state index in [1.54, 1.807) is 7.11 Å². The molecule has 5 rings (SSSR count). The number of methoxy groups -OCH3 is 1. The van der Waals surface area contributed by atoms with Crippen molar-refractivity contribution >= 4 is 50.0 Å². The number of carbonyl (C=O) groups is 2. The minimum absolute atomic E-state index is 0.0445. The van der Waals surface area contributed by atoms with Gasteiger partial charge in [-0.3, -0.25) is 4.79 Å². The molecule has 1 aromatic carbocycles. The van der Waals surface area contributed by atoms with Crippen molar-refractivity contribution in [3.63, 3.8) is 0 Å². The summed E-state index contributed by atoms with van der Waals surface area (Å²) in [4.78, 5) is 33.7. The molecule has 0 radical (unpaired) electrons. The largest absolute Gasteiger partial charge is 0.477 e. The number of anilines is 1. The van der Waals surface area contributed by atoms with Crippen LogP contribution in [0.2, 0.25) is 0 Å². The highest BCUT2D eigenvalue weighted by Gasteiger charge is 2.34. The number of para-hydroxylation sites is 1. The number of amides is 1. The molecule has 1 aliphatic rings. The highest BCUT2D eigenvalue weighted by atomic mass is 32.1. The molecule has 1 aliphatic heterocycles. The van der Waals surface area contributed by atoms with E-state index in [2.05, 4.69) is 20.6 Å². The molecule has 0 bridgehead atoms. The number of carboxylic acids is 1. The van der Waals surface area contributed by atoms with E-state index >= 15 is 0 Å². The fraction of sp³-hybridized carbons (Fsp3) is 0.190. The van der Waals surface area contributed by atoms with Gasteiger partial charge in [0.1, 0.15) is 21.6 Å². The lowest BCUT2D eigenvalue weighted by Crippen LogP contribution is -2.38. The van der Waals surface area contributed by atoms with Gasteiger partial charge in [0.2, 0.25) is 0 Å². The Morgan fingerprint density at radius 2 is 2.10 bits per heavy atom. The summed E-state index contributed by atoms with van der Waals surface area (Å²) < 4.78 is 5.35. The lowest BCUT2D eigenvalue weighted by molar-refractivity contribution is 0.0688. The van der Waals surface area contributed by atoms with Crippen LogP contribution in [-0.2, 0) is 11.3 Å². The Hall–Kier alpha value is -3.43. The molecule has 152 valence electrons. The minimum Gasteiger partial charge on any atom is -0.477 e. The highest BCUT2D eigenvalue weighted by Crippen LogP contribution is 2.42. The van der Waals surface area contributed by atoms with E-state index in [1.807, 2.05) is 37.3 Å². The molecule has 0 saturated heterocycles. The fourth-order valence-electron chi connectivity index (χ4n) is 4.03. The summed E-state index contributed by atoms with van der Waals surface area (Å²) in [7, 11) is 1.62. The molecule has 0 unspecified atom stereocenters. The summed E-state index contributed by atoms with van der Waals surface area (Å²) in [6, 6.07) is 9.26. The zero-order chi connectivity index (χ0) is 21.0. The summed E-state index contributed by atoms with van der Waals surface area (Å²) in [5.74, 6) is -1.35. The molecule has 4 heterocycles. The van der Waals surface area contributed by atoms with Crippen molar-refractivity contribution in [2.24, 2.45) is 0 Å². The van der Waals surface area contributed by atoms with Gasteiger partial charge >= 0.3 is 5.97 Å². The number of H-pyrrole nitrogens is 1. The van der Waals surface area contributed by atoms with E-state index in [4.69, 9.17) is 4.74 Å². The molecule has 4 aromatic rings. The number of hydrogen-bond donors (Lipinski definition) is 4. The number of carboxylic acid groups (broad SMARTS) is 1. The summed E-state index contributed by atoms with van der Waals surface area (Å²) >= 11 is 1.31. The summed E-state index contributed by atoms with van der Waals surface area (Å²) in [5, 5.41) is 17.6. The van der Waals surface area contributed by atoms with Crippen LogP contribution in [0, 0.1) is 6.92 Å².